The average molecular weight is 354 g/mol. The standard InChI is InChI=1S/C15H20BrN3O2/c16-15-9-14(19(20)21)4-3-11(15)10-17-12-5-7-18-6-1-2-13(18)8-12/h3-4,9,12-13,17H,1-2,5-8,10H2. The van der Waals surface area contributed by atoms with E-state index in [1.807, 2.05) is 6.07 Å². The lowest BCUT2D eigenvalue weighted by Crippen LogP contribution is -2.45. The van der Waals surface area contributed by atoms with E-state index >= 15 is 0 Å². The molecule has 0 amide bonds. The number of nitrogens with zero attached hydrogens (tertiary/aromatic N) is 2. The summed E-state index contributed by atoms with van der Waals surface area (Å²) in [5, 5.41) is 14.4. The predicted molar refractivity (Wildman–Crippen MR) is 85.3 cm³/mol. The average Bonchev–Trinajstić information content (AvgIpc) is 2.93. The molecule has 1 aromatic rings. The summed E-state index contributed by atoms with van der Waals surface area (Å²) in [7, 11) is 0. The van der Waals surface area contributed by atoms with E-state index in [4.69, 9.17) is 0 Å². The highest BCUT2D eigenvalue weighted by Crippen LogP contribution is 2.28. The summed E-state index contributed by atoms with van der Waals surface area (Å²) in [4.78, 5) is 13.0. The van der Waals surface area contributed by atoms with Crippen molar-refractivity contribution in [3.63, 3.8) is 0 Å². The maximum Gasteiger partial charge on any atom is 0.270 e. The monoisotopic (exact) mass is 353 g/mol. The predicted octanol–water partition coefficient (Wildman–Crippen LogP) is 3.07. The summed E-state index contributed by atoms with van der Waals surface area (Å²) >= 11 is 3.43. The van der Waals surface area contributed by atoms with Gasteiger partial charge in [-0.05, 0) is 50.4 Å². The van der Waals surface area contributed by atoms with Crippen molar-refractivity contribution in [3.05, 3.63) is 38.3 Å². The Morgan fingerprint density at radius 1 is 1.38 bits per heavy atom. The second-order valence-corrected chi connectivity index (χ2v) is 6.82. The van der Waals surface area contributed by atoms with Crippen molar-refractivity contribution >= 4 is 21.6 Å². The van der Waals surface area contributed by atoms with Gasteiger partial charge >= 0.3 is 0 Å². The number of halogens is 1. The Labute approximate surface area is 133 Å². The molecule has 3 rings (SSSR count). The van der Waals surface area contributed by atoms with Crippen LogP contribution in [0.2, 0.25) is 0 Å². The molecule has 114 valence electrons. The number of hydrogen-bond acceptors (Lipinski definition) is 4. The molecule has 0 saturated carbocycles. The molecule has 1 aromatic carbocycles. The second-order valence-electron chi connectivity index (χ2n) is 5.97. The van der Waals surface area contributed by atoms with Crippen molar-refractivity contribution in [1.29, 1.82) is 0 Å². The van der Waals surface area contributed by atoms with Crippen LogP contribution in [0.15, 0.2) is 22.7 Å². The van der Waals surface area contributed by atoms with E-state index in [1.165, 1.54) is 38.8 Å². The largest absolute Gasteiger partial charge is 0.310 e. The number of nitro benzene ring substituents is 1. The van der Waals surface area contributed by atoms with Gasteiger partial charge < -0.3 is 10.2 Å². The van der Waals surface area contributed by atoms with Gasteiger partial charge in [-0.1, -0.05) is 15.9 Å². The van der Waals surface area contributed by atoms with Crippen LogP contribution in [0.25, 0.3) is 0 Å². The lowest BCUT2D eigenvalue weighted by molar-refractivity contribution is -0.384. The molecule has 21 heavy (non-hydrogen) atoms. The minimum atomic E-state index is -0.363. The van der Waals surface area contributed by atoms with Gasteiger partial charge in [-0.2, -0.15) is 0 Å². The molecular formula is C15H20BrN3O2. The molecule has 2 atom stereocenters. The van der Waals surface area contributed by atoms with Gasteiger partial charge in [0.2, 0.25) is 0 Å². The Morgan fingerprint density at radius 2 is 2.24 bits per heavy atom. The molecule has 0 bridgehead atoms. The molecule has 2 fully saturated rings. The highest BCUT2D eigenvalue weighted by Gasteiger charge is 2.31. The number of hydrogen-bond donors (Lipinski definition) is 1. The van der Waals surface area contributed by atoms with Gasteiger partial charge in [-0.25, -0.2) is 0 Å². The van der Waals surface area contributed by atoms with Crippen LogP contribution in [-0.2, 0) is 6.54 Å². The molecule has 0 radical (unpaired) electrons. The second kappa shape index (κ2) is 6.42. The molecule has 0 aliphatic carbocycles. The molecule has 6 heteroatoms. The third kappa shape index (κ3) is 3.44. The van der Waals surface area contributed by atoms with Crippen molar-refractivity contribution in [3.8, 4) is 0 Å². The molecular weight excluding hydrogens is 334 g/mol. The molecule has 2 heterocycles. The van der Waals surface area contributed by atoms with Crippen LogP contribution in [-0.4, -0.2) is 35.0 Å². The van der Waals surface area contributed by atoms with Crippen LogP contribution in [0.5, 0.6) is 0 Å². The number of benzene rings is 1. The van der Waals surface area contributed by atoms with Crippen LogP contribution < -0.4 is 5.32 Å². The molecule has 0 spiro atoms. The molecule has 2 saturated heterocycles. The van der Waals surface area contributed by atoms with Crippen LogP contribution in [0.3, 0.4) is 0 Å². The summed E-state index contributed by atoms with van der Waals surface area (Å²) < 4.78 is 0.808. The Balaban J connectivity index is 1.56. The van der Waals surface area contributed by atoms with Crippen LogP contribution in [0, 0.1) is 10.1 Å². The topological polar surface area (TPSA) is 58.4 Å². The van der Waals surface area contributed by atoms with Crippen LogP contribution >= 0.6 is 15.9 Å². The van der Waals surface area contributed by atoms with Crippen molar-refractivity contribution in [1.82, 2.24) is 10.2 Å². The SMILES string of the molecule is O=[N+]([O-])c1ccc(CNC2CCN3CCCC3C2)c(Br)c1. The van der Waals surface area contributed by atoms with E-state index in [0.29, 0.717) is 6.04 Å². The minimum absolute atomic E-state index is 0.130. The third-order valence-electron chi connectivity index (χ3n) is 4.65. The highest BCUT2D eigenvalue weighted by molar-refractivity contribution is 9.10. The van der Waals surface area contributed by atoms with E-state index in [2.05, 4.69) is 26.1 Å². The fourth-order valence-corrected chi connectivity index (χ4v) is 3.96. The zero-order chi connectivity index (χ0) is 14.8. The zero-order valence-corrected chi connectivity index (χ0v) is 13.5. The number of fused-ring (bicyclic) bond motifs is 1. The highest BCUT2D eigenvalue weighted by atomic mass is 79.9. The minimum Gasteiger partial charge on any atom is -0.310 e. The van der Waals surface area contributed by atoms with Crippen molar-refractivity contribution in [2.75, 3.05) is 13.1 Å². The van der Waals surface area contributed by atoms with Crippen molar-refractivity contribution in [2.45, 2.75) is 44.3 Å². The number of nitro groups is 1. The van der Waals surface area contributed by atoms with Gasteiger partial charge in [0, 0.05) is 35.2 Å². The number of rotatable bonds is 4. The smallest absolute Gasteiger partial charge is 0.270 e. The maximum absolute atomic E-state index is 10.7. The van der Waals surface area contributed by atoms with E-state index in [9.17, 15) is 10.1 Å². The first-order valence-corrected chi connectivity index (χ1v) is 8.33. The van der Waals surface area contributed by atoms with Gasteiger partial charge in [0.15, 0.2) is 0 Å². The van der Waals surface area contributed by atoms with Crippen LogP contribution in [0.4, 0.5) is 5.69 Å². The van der Waals surface area contributed by atoms with Crippen molar-refractivity contribution < 1.29 is 4.92 Å². The van der Waals surface area contributed by atoms with Gasteiger partial charge in [-0.15, -0.1) is 0 Å². The molecule has 5 nitrogen and oxygen atoms in total. The molecule has 2 aliphatic heterocycles. The summed E-state index contributed by atoms with van der Waals surface area (Å²) in [6.45, 7) is 3.23. The van der Waals surface area contributed by atoms with Crippen LogP contribution in [0.1, 0.15) is 31.2 Å². The van der Waals surface area contributed by atoms with E-state index in [-0.39, 0.29) is 10.6 Å². The van der Waals surface area contributed by atoms with E-state index < -0.39 is 0 Å². The molecule has 2 unspecified atom stereocenters. The Kier molecular flexibility index (Phi) is 4.57. The van der Waals surface area contributed by atoms with Crippen molar-refractivity contribution in [2.24, 2.45) is 0 Å². The zero-order valence-electron chi connectivity index (χ0n) is 11.9. The third-order valence-corrected chi connectivity index (χ3v) is 5.39. The fourth-order valence-electron chi connectivity index (χ4n) is 3.46. The Hall–Kier alpha value is -0.980. The maximum atomic E-state index is 10.7. The normalized spacial score (nSPS) is 25.8. The van der Waals surface area contributed by atoms with Gasteiger partial charge in [0.05, 0.1) is 4.92 Å². The fraction of sp³-hybridized carbons (Fsp3) is 0.600. The number of nitrogens with one attached hydrogen (secondary N) is 1. The molecule has 0 aromatic heterocycles. The molecule has 1 N–H and O–H groups in total. The van der Waals surface area contributed by atoms with E-state index in [0.717, 1.165) is 22.6 Å². The van der Waals surface area contributed by atoms with E-state index in [1.54, 1.807) is 12.1 Å². The van der Waals surface area contributed by atoms with Gasteiger partial charge in [0.1, 0.15) is 0 Å². The summed E-state index contributed by atoms with van der Waals surface area (Å²) in [6, 6.07) is 6.31. The summed E-state index contributed by atoms with van der Waals surface area (Å²) in [5.41, 5.74) is 1.21. The van der Waals surface area contributed by atoms with Gasteiger partial charge in [-0.3, -0.25) is 10.1 Å². The number of non-ortho nitro benzene ring substituents is 1. The summed E-state index contributed by atoms with van der Waals surface area (Å²) in [5.74, 6) is 0. The Morgan fingerprint density at radius 3 is 3.00 bits per heavy atom. The number of piperidine rings is 1. The quantitative estimate of drug-likeness (QED) is 0.667. The lowest BCUT2D eigenvalue weighted by Gasteiger charge is -2.35. The Bertz CT molecular complexity index is 538. The summed E-state index contributed by atoms with van der Waals surface area (Å²) in [6.07, 6.45) is 5.09. The first-order valence-electron chi connectivity index (χ1n) is 7.54. The lowest BCUT2D eigenvalue weighted by atomic mass is 9.97. The van der Waals surface area contributed by atoms with Gasteiger partial charge in [0.25, 0.3) is 5.69 Å². The molecule has 2 aliphatic rings. The first kappa shape index (κ1) is 14.9. The first-order chi connectivity index (χ1) is 10.1.